The van der Waals surface area contributed by atoms with E-state index in [0.29, 0.717) is 64.7 Å². The SMILES string of the molecule is C1=CC2=C3OC(C2C=C1)N(c1ccccc1)c1oc(c2ccccc12)N(c1ccccc1)c1oc(c2ccccc12)N(c1ccccc1)c1oc(c2ccccc12)N(c1ccccc1)c1oc(c2ccccc12)N(c1ccccc1)c1oc(c2ccccc12)N3c1ccccc1. The second-order valence-electron chi connectivity index (χ2n) is 23.9. The third kappa shape index (κ3) is 8.62. The molecule has 0 fully saturated rings. The van der Waals surface area contributed by atoms with Crippen LogP contribution in [0, 0.1) is 5.92 Å². The number of furan rings is 5. The minimum absolute atomic E-state index is 0.344. The molecule has 12 nitrogen and oxygen atoms in total. The summed E-state index contributed by atoms with van der Waals surface area (Å²) in [5.41, 5.74) is 5.82. The molecule has 3 aliphatic rings. The smallest absolute Gasteiger partial charge is 0.217 e. The number of hydrogen-bond acceptors (Lipinski definition) is 12. The fourth-order valence-electron chi connectivity index (χ4n) is 14.1. The summed E-state index contributed by atoms with van der Waals surface area (Å²) in [5.74, 6) is 5.48. The van der Waals surface area contributed by atoms with E-state index in [0.717, 1.165) is 93.6 Å². The van der Waals surface area contributed by atoms with Crippen molar-refractivity contribution in [2.24, 2.45) is 5.92 Å². The Kier molecular flexibility index (Phi) is 12.7. The molecule has 16 aromatic rings. The first-order valence-electron chi connectivity index (χ1n) is 32.1. The number of para-hydroxylation sites is 6. The first-order valence-corrected chi connectivity index (χ1v) is 32.1. The third-order valence-electron chi connectivity index (χ3n) is 18.4. The molecule has 2 unspecified atom stereocenters. The zero-order valence-corrected chi connectivity index (χ0v) is 51.5. The third-order valence-corrected chi connectivity index (χ3v) is 18.4. The molecule has 458 valence electrons. The van der Waals surface area contributed by atoms with E-state index < -0.39 is 6.23 Å². The zero-order valence-electron chi connectivity index (χ0n) is 51.5. The van der Waals surface area contributed by atoms with Gasteiger partial charge in [-0.15, -0.1) is 0 Å². The van der Waals surface area contributed by atoms with Gasteiger partial charge in [-0.3, -0.25) is 9.80 Å². The van der Waals surface area contributed by atoms with Gasteiger partial charge in [-0.25, -0.2) is 19.6 Å². The van der Waals surface area contributed by atoms with Crippen LogP contribution < -0.4 is 29.4 Å². The van der Waals surface area contributed by atoms with Crippen molar-refractivity contribution in [3.8, 4) is 0 Å². The van der Waals surface area contributed by atoms with Gasteiger partial charge >= 0.3 is 0 Å². The van der Waals surface area contributed by atoms with Crippen molar-refractivity contribution in [1.29, 1.82) is 0 Å². The van der Waals surface area contributed by atoms with Gasteiger partial charge in [0, 0.05) is 65.1 Å². The summed E-state index contributed by atoms with van der Waals surface area (Å²) < 4.78 is 46.7. The fourth-order valence-corrected chi connectivity index (χ4v) is 14.1. The van der Waals surface area contributed by atoms with Crippen LogP contribution in [0.2, 0.25) is 0 Å². The maximum absolute atomic E-state index is 7.87. The summed E-state index contributed by atoms with van der Waals surface area (Å²) in [6.45, 7) is 0. The van der Waals surface area contributed by atoms with Crippen LogP contribution in [0.25, 0.3) is 53.9 Å². The molecule has 0 spiro atoms. The van der Waals surface area contributed by atoms with Crippen molar-refractivity contribution in [3.05, 3.63) is 339 Å². The van der Waals surface area contributed by atoms with Gasteiger partial charge in [-0.2, -0.15) is 0 Å². The van der Waals surface area contributed by atoms with Crippen LogP contribution in [-0.2, 0) is 4.74 Å². The zero-order chi connectivity index (χ0) is 63.2. The standard InChI is InChI=1S/C84H56N6O6/c1-7-31-55(32-8-1)85-73-61-43-19-21-45-63(61)75(91-73)86(56-33-9-2-10-34-56)77-65-47-23-25-49-67(65)79(93-77)88(58-37-13-4-14-38-58)81-69-51-27-29-53-71(69)83(95-81)90(60-41-17-6-18-42-60)84-72-54-30-28-52-70(72)82(96-84)89(59-39-15-5-16-40-59)80-68-50-26-24-48-66(68)78(94-80)87(57-35-11-3-12-36-57)76-64-46-22-20-44-62(64)74(85)92-76/h1-54,61,73H. The maximum atomic E-state index is 7.87. The molecule has 12 bridgehead atoms. The van der Waals surface area contributed by atoms with Gasteiger partial charge in [0.2, 0.25) is 64.7 Å². The molecule has 2 aliphatic heterocycles. The summed E-state index contributed by atoms with van der Waals surface area (Å²) in [7, 11) is 0. The van der Waals surface area contributed by atoms with Gasteiger partial charge in [0.25, 0.3) is 0 Å². The normalized spacial score (nSPS) is 15.5. The Bertz CT molecular complexity index is 5700. The monoisotopic (exact) mass is 1240 g/mol. The second-order valence-corrected chi connectivity index (χ2v) is 23.9. The highest BCUT2D eigenvalue weighted by atomic mass is 16.5. The average Bonchev–Trinajstić information content (AvgIpc) is 1.57. The van der Waals surface area contributed by atoms with Crippen LogP contribution in [0.5, 0.6) is 0 Å². The van der Waals surface area contributed by atoms with Gasteiger partial charge in [-0.05, 0) is 133 Å². The van der Waals surface area contributed by atoms with E-state index in [1.807, 2.05) is 109 Å². The van der Waals surface area contributed by atoms with E-state index in [9.17, 15) is 0 Å². The first kappa shape index (κ1) is 54.7. The summed E-state index contributed by atoms with van der Waals surface area (Å²) in [6, 6.07) is 103. The molecule has 0 saturated carbocycles. The molecule has 11 aromatic carbocycles. The maximum Gasteiger partial charge on any atom is 0.217 e. The lowest BCUT2D eigenvalue weighted by atomic mass is 9.93. The predicted octanol–water partition coefficient (Wildman–Crippen LogP) is 23.9. The quantitative estimate of drug-likeness (QED) is 0.159. The van der Waals surface area contributed by atoms with Gasteiger partial charge in [0.05, 0.1) is 34.4 Å². The molecule has 5 aromatic heterocycles. The summed E-state index contributed by atoms with van der Waals surface area (Å²) >= 11 is 0. The van der Waals surface area contributed by atoms with E-state index in [2.05, 4.69) is 248 Å². The largest absolute Gasteiger partial charge is 0.453 e. The van der Waals surface area contributed by atoms with Gasteiger partial charge in [-0.1, -0.05) is 194 Å². The molecule has 0 amide bonds. The van der Waals surface area contributed by atoms with E-state index in [4.69, 9.17) is 26.8 Å². The Balaban J connectivity index is 0.953. The highest BCUT2D eigenvalue weighted by Crippen LogP contribution is 2.59. The Morgan fingerprint density at radius 3 is 0.740 bits per heavy atom. The predicted molar refractivity (Wildman–Crippen MR) is 385 cm³/mol. The second kappa shape index (κ2) is 22.4. The number of rotatable bonds is 6. The number of nitrogens with zero attached hydrogens (tertiary/aromatic N) is 6. The molecule has 0 radical (unpaired) electrons. The number of ether oxygens (including phenoxy) is 1. The Morgan fingerprint density at radius 1 is 0.219 bits per heavy atom. The van der Waals surface area contributed by atoms with E-state index in [1.165, 1.54) is 0 Å². The Labute approximate surface area is 551 Å². The molecule has 12 heteroatoms. The number of allylic oxidation sites excluding steroid dienone is 3. The summed E-state index contributed by atoms with van der Waals surface area (Å²) in [5, 5.41) is 8.32. The lowest BCUT2D eigenvalue weighted by molar-refractivity contribution is 0.124. The van der Waals surface area contributed by atoms with E-state index in [-0.39, 0.29) is 5.92 Å². The molecular formula is C84H56N6O6. The topological polar surface area (TPSA) is 94.4 Å². The molecular weight excluding hydrogens is 1190 g/mol. The molecule has 19 rings (SSSR count). The lowest BCUT2D eigenvalue weighted by Gasteiger charge is -2.33. The van der Waals surface area contributed by atoms with Crippen molar-refractivity contribution >= 4 is 147 Å². The molecule has 96 heavy (non-hydrogen) atoms. The molecule has 0 saturated heterocycles. The lowest BCUT2D eigenvalue weighted by Crippen LogP contribution is -2.37. The number of benzene rings is 11. The highest BCUT2D eigenvalue weighted by Gasteiger charge is 2.46. The van der Waals surface area contributed by atoms with E-state index in [1.54, 1.807) is 0 Å². The van der Waals surface area contributed by atoms with Crippen LogP contribution in [-0.4, -0.2) is 6.23 Å². The summed E-state index contributed by atoms with van der Waals surface area (Å²) in [6.07, 6.45) is 7.84. The van der Waals surface area contributed by atoms with Gasteiger partial charge < -0.3 is 26.8 Å². The minimum atomic E-state index is -0.728. The van der Waals surface area contributed by atoms with Crippen LogP contribution >= 0.6 is 0 Å². The van der Waals surface area contributed by atoms with Crippen LogP contribution in [0.3, 0.4) is 0 Å². The van der Waals surface area contributed by atoms with Crippen LogP contribution in [0.1, 0.15) is 0 Å². The molecule has 2 atom stereocenters. The van der Waals surface area contributed by atoms with Crippen molar-refractivity contribution < 1.29 is 26.8 Å². The highest BCUT2D eigenvalue weighted by molar-refractivity contribution is 6.14. The fraction of sp³-hybridized carbons (Fsp3) is 0.0238. The number of anilines is 16. The Hall–Kier alpha value is -13.1. The summed E-state index contributed by atoms with van der Waals surface area (Å²) in [4.78, 5) is 12.7. The number of hydrogen-bond donors (Lipinski definition) is 0. The average molecular weight is 1250 g/mol. The van der Waals surface area contributed by atoms with Crippen molar-refractivity contribution in [1.82, 2.24) is 0 Å². The van der Waals surface area contributed by atoms with Gasteiger partial charge in [0.15, 0.2) is 6.23 Å². The van der Waals surface area contributed by atoms with Crippen molar-refractivity contribution in [2.45, 2.75) is 6.23 Å². The van der Waals surface area contributed by atoms with Crippen LogP contribution in [0.4, 0.5) is 93.0 Å². The van der Waals surface area contributed by atoms with Gasteiger partial charge in [0.1, 0.15) is 0 Å². The molecule has 1 aliphatic carbocycles. The minimum Gasteiger partial charge on any atom is -0.453 e. The van der Waals surface area contributed by atoms with Crippen molar-refractivity contribution in [2.75, 3.05) is 29.4 Å². The van der Waals surface area contributed by atoms with E-state index >= 15 is 0 Å². The molecule has 7 heterocycles. The first-order chi connectivity index (χ1) is 47.7. The molecule has 0 N–H and O–H groups in total. The Morgan fingerprint density at radius 2 is 0.448 bits per heavy atom. The van der Waals surface area contributed by atoms with Crippen LogP contribution in [0.15, 0.2) is 361 Å². The van der Waals surface area contributed by atoms with Crippen molar-refractivity contribution in [3.63, 3.8) is 0 Å².